The van der Waals surface area contributed by atoms with E-state index in [9.17, 15) is 4.79 Å². The zero-order chi connectivity index (χ0) is 19.2. The number of fused-ring (bicyclic) bond motifs is 1. The lowest BCUT2D eigenvalue weighted by atomic mass is 9.92. The molecule has 2 aromatic rings. The van der Waals surface area contributed by atoms with Crippen LogP contribution in [0.5, 0.6) is 11.5 Å². The maximum Gasteiger partial charge on any atom is 0.304 e. The predicted octanol–water partition coefficient (Wildman–Crippen LogP) is 5.14. The quantitative estimate of drug-likeness (QED) is 0.746. The molecule has 4 rings (SSSR count). The molecule has 0 saturated heterocycles. The van der Waals surface area contributed by atoms with E-state index in [-0.39, 0.29) is 17.4 Å². The third-order valence-corrected chi connectivity index (χ3v) is 5.62. The molecule has 0 radical (unpaired) electrons. The minimum Gasteiger partial charge on any atom is -0.489 e. The van der Waals surface area contributed by atoms with Crippen LogP contribution in [0.2, 0.25) is 5.02 Å². The lowest BCUT2D eigenvalue weighted by Gasteiger charge is -2.18. The van der Waals surface area contributed by atoms with Gasteiger partial charge in [0.05, 0.1) is 6.42 Å². The highest BCUT2D eigenvalue weighted by atomic mass is 35.5. The van der Waals surface area contributed by atoms with Crippen molar-refractivity contribution in [2.45, 2.75) is 57.2 Å². The summed E-state index contributed by atoms with van der Waals surface area (Å²) in [5, 5.41) is 9.79. The van der Waals surface area contributed by atoms with E-state index < -0.39 is 5.97 Å². The molecule has 1 heterocycles. The number of ether oxygens (including phenoxy) is 2. The smallest absolute Gasteiger partial charge is 0.304 e. The maximum absolute atomic E-state index is 11.1. The van der Waals surface area contributed by atoms with Gasteiger partial charge in [-0.1, -0.05) is 23.7 Å². The summed E-state index contributed by atoms with van der Waals surface area (Å²) in [5.41, 5.74) is 2.72. The Balaban J connectivity index is 1.47. The first-order chi connectivity index (χ1) is 12.8. The Kier molecular flexibility index (Phi) is 4.34. The fraction of sp³-hybridized carbons (Fsp3) is 0.409. The Morgan fingerprint density at radius 2 is 1.93 bits per heavy atom. The van der Waals surface area contributed by atoms with Crippen LogP contribution in [0.4, 0.5) is 0 Å². The van der Waals surface area contributed by atoms with Crippen LogP contribution in [-0.2, 0) is 23.2 Å². The van der Waals surface area contributed by atoms with Crippen molar-refractivity contribution >= 4 is 17.6 Å². The Hall–Kier alpha value is -2.20. The maximum atomic E-state index is 11.1. The lowest BCUT2D eigenvalue weighted by Crippen LogP contribution is -2.25. The minimum absolute atomic E-state index is 0.183. The number of carboxylic acid groups (broad SMARTS) is 1. The van der Waals surface area contributed by atoms with Crippen molar-refractivity contribution in [1.29, 1.82) is 0 Å². The van der Waals surface area contributed by atoms with E-state index in [0.717, 1.165) is 47.5 Å². The SMILES string of the molecule is CC1(C)Cc2cc(Cl)cc(COc3ccc(C4(CC(=O)O)CC4)cc3)c2O1. The molecule has 1 aliphatic heterocycles. The largest absolute Gasteiger partial charge is 0.489 e. The molecule has 142 valence electrons. The Morgan fingerprint density at radius 1 is 1.22 bits per heavy atom. The van der Waals surface area contributed by atoms with Crippen molar-refractivity contribution in [3.05, 3.63) is 58.1 Å². The molecular formula is C22H23ClO4. The number of carboxylic acids is 1. The highest BCUT2D eigenvalue weighted by molar-refractivity contribution is 6.30. The van der Waals surface area contributed by atoms with Gasteiger partial charge in [0.15, 0.2) is 0 Å². The van der Waals surface area contributed by atoms with Gasteiger partial charge in [0, 0.05) is 22.4 Å². The lowest BCUT2D eigenvalue weighted by molar-refractivity contribution is -0.137. The van der Waals surface area contributed by atoms with Gasteiger partial charge in [-0.15, -0.1) is 0 Å². The monoisotopic (exact) mass is 386 g/mol. The molecule has 0 atom stereocenters. The third-order valence-electron chi connectivity index (χ3n) is 5.41. The van der Waals surface area contributed by atoms with Crippen LogP contribution in [0, 0.1) is 0 Å². The van der Waals surface area contributed by atoms with Gasteiger partial charge in [-0.05, 0) is 62.1 Å². The third kappa shape index (κ3) is 3.77. The molecular weight excluding hydrogens is 364 g/mol. The summed E-state index contributed by atoms with van der Waals surface area (Å²) in [4.78, 5) is 11.1. The van der Waals surface area contributed by atoms with Gasteiger partial charge in [0.1, 0.15) is 23.7 Å². The first-order valence-electron chi connectivity index (χ1n) is 9.22. The van der Waals surface area contributed by atoms with Crippen LogP contribution < -0.4 is 9.47 Å². The second-order valence-corrected chi connectivity index (χ2v) is 8.69. The average Bonchev–Trinajstić information content (AvgIpc) is 3.28. The van der Waals surface area contributed by atoms with Gasteiger partial charge in [0.25, 0.3) is 0 Å². The van der Waals surface area contributed by atoms with Crippen molar-refractivity contribution in [3.63, 3.8) is 0 Å². The molecule has 1 fully saturated rings. The number of hydrogen-bond acceptors (Lipinski definition) is 3. The molecule has 4 nitrogen and oxygen atoms in total. The highest BCUT2D eigenvalue weighted by Gasteiger charge is 2.45. The summed E-state index contributed by atoms with van der Waals surface area (Å²) < 4.78 is 12.0. The molecule has 0 bridgehead atoms. The molecule has 1 saturated carbocycles. The van der Waals surface area contributed by atoms with E-state index in [1.54, 1.807) is 0 Å². The number of benzene rings is 2. The van der Waals surface area contributed by atoms with Gasteiger partial charge in [-0.2, -0.15) is 0 Å². The summed E-state index contributed by atoms with van der Waals surface area (Å²) in [6, 6.07) is 11.6. The van der Waals surface area contributed by atoms with Crippen molar-refractivity contribution in [2.75, 3.05) is 0 Å². The number of rotatable bonds is 6. The summed E-state index contributed by atoms with van der Waals surface area (Å²) in [7, 11) is 0. The number of carbonyl (C=O) groups is 1. The first-order valence-corrected chi connectivity index (χ1v) is 9.60. The standard InChI is InChI=1S/C22H23ClO4/c1-21(2)11-14-9-17(23)10-15(20(14)27-21)13-26-18-5-3-16(4-6-18)22(7-8-22)12-19(24)25/h3-6,9-10H,7-8,11-13H2,1-2H3,(H,24,25). The predicted molar refractivity (Wildman–Crippen MR) is 104 cm³/mol. The Labute approximate surface area is 164 Å². The van der Waals surface area contributed by atoms with Crippen molar-refractivity contribution < 1.29 is 19.4 Å². The minimum atomic E-state index is -0.745. The molecule has 0 amide bonds. The van der Waals surface area contributed by atoms with E-state index >= 15 is 0 Å². The highest BCUT2D eigenvalue weighted by Crippen LogP contribution is 2.51. The zero-order valence-corrected chi connectivity index (χ0v) is 16.3. The van der Waals surface area contributed by atoms with Gasteiger partial charge >= 0.3 is 5.97 Å². The van der Waals surface area contributed by atoms with Crippen LogP contribution in [0.15, 0.2) is 36.4 Å². The second kappa shape index (κ2) is 6.45. The van der Waals surface area contributed by atoms with Gasteiger partial charge in [0.2, 0.25) is 0 Å². The van der Waals surface area contributed by atoms with Gasteiger partial charge in [-0.25, -0.2) is 0 Å². The topological polar surface area (TPSA) is 55.8 Å². The fourth-order valence-corrected chi connectivity index (χ4v) is 4.19. The van der Waals surface area contributed by atoms with Crippen molar-refractivity contribution in [3.8, 4) is 11.5 Å². The molecule has 0 spiro atoms. The van der Waals surface area contributed by atoms with Crippen LogP contribution in [0.25, 0.3) is 0 Å². The average molecular weight is 387 g/mol. The number of aliphatic carboxylic acids is 1. The number of halogens is 1. The normalized spacial score (nSPS) is 18.5. The molecule has 1 N–H and O–H groups in total. The fourth-order valence-electron chi connectivity index (χ4n) is 3.93. The molecule has 0 aromatic heterocycles. The van der Waals surface area contributed by atoms with Crippen molar-refractivity contribution in [2.24, 2.45) is 0 Å². The molecule has 5 heteroatoms. The van der Waals surface area contributed by atoms with Crippen LogP contribution in [0.1, 0.15) is 49.8 Å². The summed E-state index contributed by atoms with van der Waals surface area (Å²) >= 11 is 6.26. The van der Waals surface area contributed by atoms with Crippen LogP contribution in [0.3, 0.4) is 0 Å². The summed E-state index contributed by atoms with van der Waals surface area (Å²) in [6.45, 7) is 4.50. The van der Waals surface area contributed by atoms with Crippen molar-refractivity contribution in [1.82, 2.24) is 0 Å². The van der Waals surface area contributed by atoms with Gasteiger partial charge in [-0.3, -0.25) is 4.79 Å². The van der Waals surface area contributed by atoms with E-state index in [1.807, 2.05) is 36.4 Å². The molecule has 27 heavy (non-hydrogen) atoms. The molecule has 2 aliphatic rings. The first kappa shape index (κ1) is 18.2. The van der Waals surface area contributed by atoms with Gasteiger partial charge < -0.3 is 14.6 Å². The van der Waals surface area contributed by atoms with Crippen LogP contribution in [-0.4, -0.2) is 16.7 Å². The summed E-state index contributed by atoms with van der Waals surface area (Å²) in [6.07, 6.45) is 2.88. The number of hydrogen-bond donors (Lipinski definition) is 1. The molecule has 2 aromatic carbocycles. The molecule has 0 unspecified atom stereocenters. The van der Waals surface area contributed by atoms with E-state index in [1.165, 1.54) is 0 Å². The summed E-state index contributed by atoms with van der Waals surface area (Å²) in [5.74, 6) is 0.876. The van der Waals surface area contributed by atoms with E-state index in [2.05, 4.69) is 13.8 Å². The van der Waals surface area contributed by atoms with E-state index in [0.29, 0.717) is 11.6 Å². The second-order valence-electron chi connectivity index (χ2n) is 8.26. The van der Waals surface area contributed by atoms with Crippen LogP contribution >= 0.6 is 11.6 Å². The molecule has 1 aliphatic carbocycles. The van der Waals surface area contributed by atoms with E-state index in [4.69, 9.17) is 26.2 Å². The Bertz CT molecular complexity index is 882. The Morgan fingerprint density at radius 3 is 2.56 bits per heavy atom. The zero-order valence-electron chi connectivity index (χ0n) is 15.5.